The van der Waals surface area contributed by atoms with Gasteiger partial charge < -0.3 is 19.3 Å². The SMILES string of the molecule is CC1(c2ccc3c(c2)OCO3)NC(=O)N(Cc2nc(-c3cccc(Cl)c3)no2)C1=O. The van der Waals surface area contributed by atoms with Crippen LogP contribution in [0.15, 0.2) is 47.0 Å². The molecule has 1 aromatic heterocycles. The third-order valence-electron chi connectivity index (χ3n) is 5.07. The van der Waals surface area contributed by atoms with Crippen molar-refractivity contribution < 1.29 is 23.6 Å². The summed E-state index contributed by atoms with van der Waals surface area (Å²) in [4.78, 5) is 31.0. The molecule has 30 heavy (non-hydrogen) atoms. The predicted molar refractivity (Wildman–Crippen MR) is 104 cm³/mol. The minimum atomic E-state index is -1.26. The van der Waals surface area contributed by atoms with Crippen LogP contribution in [0.3, 0.4) is 0 Å². The van der Waals surface area contributed by atoms with Crippen molar-refractivity contribution in [1.29, 1.82) is 0 Å². The average molecular weight is 427 g/mol. The van der Waals surface area contributed by atoms with Crippen LogP contribution in [-0.2, 0) is 16.9 Å². The molecular weight excluding hydrogens is 412 g/mol. The van der Waals surface area contributed by atoms with Crippen molar-refractivity contribution in [3.63, 3.8) is 0 Å². The molecule has 0 spiro atoms. The first-order valence-corrected chi connectivity index (χ1v) is 9.44. The molecule has 1 atom stereocenters. The van der Waals surface area contributed by atoms with Crippen molar-refractivity contribution in [2.75, 3.05) is 6.79 Å². The summed E-state index contributed by atoms with van der Waals surface area (Å²) in [6.07, 6.45) is 0. The fourth-order valence-electron chi connectivity index (χ4n) is 3.44. The van der Waals surface area contributed by atoms with Gasteiger partial charge in [0.2, 0.25) is 18.5 Å². The zero-order valence-corrected chi connectivity index (χ0v) is 16.5. The summed E-state index contributed by atoms with van der Waals surface area (Å²) in [7, 11) is 0. The van der Waals surface area contributed by atoms with E-state index in [1.165, 1.54) is 0 Å². The van der Waals surface area contributed by atoms with Crippen molar-refractivity contribution in [1.82, 2.24) is 20.4 Å². The number of fused-ring (bicyclic) bond motifs is 1. The third kappa shape index (κ3) is 2.94. The number of rotatable bonds is 4. The molecule has 9 nitrogen and oxygen atoms in total. The monoisotopic (exact) mass is 426 g/mol. The van der Waals surface area contributed by atoms with E-state index in [1.54, 1.807) is 49.4 Å². The first-order chi connectivity index (χ1) is 14.4. The fourth-order valence-corrected chi connectivity index (χ4v) is 3.63. The van der Waals surface area contributed by atoms with E-state index in [4.69, 9.17) is 25.6 Å². The summed E-state index contributed by atoms with van der Waals surface area (Å²) in [5.74, 6) is 1.13. The number of hydrogen-bond donors (Lipinski definition) is 1. The van der Waals surface area contributed by atoms with Gasteiger partial charge in [0, 0.05) is 10.6 Å². The summed E-state index contributed by atoms with van der Waals surface area (Å²) < 4.78 is 15.9. The van der Waals surface area contributed by atoms with Crippen molar-refractivity contribution >= 4 is 23.5 Å². The molecule has 5 rings (SSSR count). The van der Waals surface area contributed by atoms with Gasteiger partial charge in [-0.05, 0) is 36.8 Å². The molecular formula is C20H15ClN4O5. The Balaban J connectivity index is 1.39. The van der Waals surface area contributed by atoms with Gasteiger partial charge in [-0.2, -0.15) is 4.98 Å². The smallest absolute Gasteiger partial charge is 0.325 e. The Bertz CT molecular complexity index is 1180. The number of nitrogens with zero attached hydrogens (tertiary/aromatic N) is 3. The van der Waals surface area contributed by atoms with E-state index in [0.717, 1.165) is 4.90 Å². The molecule has 3 heterocycles. The lowest BCUT2D eigenvalue weighted by atomic mass is 9.91. The largest absolute Gasteiger partial charge is 0.454 e. The number of halogens is 1. The number of imide groups is 1. The van der Waals surface area contributed by atoms with Gasteiger partial charge in [0.1, 0.15) is 12.1 Å². The van der Waals surface area contributed by atoms with E-state index in [0.29, 0.717) is 33.5 Å². The first-order valence-electron chi connectivity index (χ1n) is 9.07. The molecule has 1 N–H and O–H groups in total. The zero-order chi connectivity index (χ0) is 20.9. The van der Waals surface area contributed by atoms with E-state index in [2.05, 4.69) is 15.5 Å². The number of benzene rings is 2. The summed E-state index contributed by atoms with van der Waals surface area (Å²) >= 11 is 5.99. The number of carbonyl (C=O) groups excluding carboxylic acids is 2. The van der Waals surface area contributed by atoms with Gasteiger partial charge in [-0.3, -0.25) is 9.69 Å². The van der Waals surface area contributed by atoms with E-state index in [1.807, 2.05) is 0 Å². The maximum atomic E-state index is 13.1. The lowest BCUT2D eigenvalue weighted by Gasteiger charge is -2.22. The molecule has 2 aliphatic rings. The summed E-state index contributed by atoms with van der Waals surface area (Å²) in [5, 5.41) is 7.18. The molecule has 1 saturated heterocycles. The number of carbonyl (C=O) groups is 2. The van der Waals surface area contributed by atoms with Gasteiger partial charge in [-0.15, -0.1) is 0 Å². The van der Waals surface area contributed by atoms with Crippen molar-refractivity contribution in [2.24, 2.45) is 0 Å². The minimum Gasteiger partial charge on any atom is -0.454 e. The molecule has 1 fully saturated rings. The Morgan fingerprint density at radius 2 is 2.00 bits per heavy atom. The minimum absolute atomic E-state index is 0.119. The maximum Gasteiger partial charge on any atom is 0.325 e. The second kappa shape index (κ2) is 6.74. The number of aromatic nitrogens is 2. The molecule has 1 unspecified atom stereocenters. The Kier molecular flexibility index (Phi) is 4.14. The quantitative estimate of drug-likeness (QED) is 0.639. The number of ether oxygens (including phenoxy) is 2. The van der Waals surface area contributed by atoms with E-state index < -0.39 is 17.5 Å². The highest BCUT2D eigenvalue weighted by atomic mass is 35.5. The van der Waals surface area contributed by atoms with Crippen molar-refractivity contribution in [3.05, 3.63) is 58.9 Å². The average Bonchev–Trinajstić information content (AvgIpc) is 3.44. The van der Waals surface area contributed by atoms with Gasteiger partial charge >= 0.3 is 6.03 Å². The number of amides is 3. The van der Waals surface area contributed by atoms with Crippen LogP contribution in [0.25, 0.3) is 11.4 Å². The Hall–Kier alpha value is -3.59. The summed E-state index contributed by atoms with van der Waals surface area (Å²) in [5.41, 5.74) is -0.00826. The predicted octanol–water partition coefficient (Wildman–Crippen LogP) is 3.09. The topological polar surface area (TPSA) is 107 Å². The second-order valence-corrected chi connectivity index (χ2v) is 7.47. The molecule has 0 radical (unpaired) electrons. The van der Waals surface area contributed by atoms with Crippen LogP contribution in [-0.4, -0.2) is 33.8 Å². The van der Waals surface area contributed by atoms with E-state index >= 15 is 0 Å². The fraction of sp³-hybridized carbons (Fsp3) is 0.200. The van der Waals surface area contributed by atoms with Gasteiger partial charge in [-0.25, -0.2) is 4.79 Å². The first kappa shape index (κ1) is 18.4. The second-order valence-electron chi connectivity index (χ2n) is 7.04. The van der Waals surface area contributed by atoms with Crippen LogP contribution in [0.4, 0.5) is 4.79 Å². The molecule has 10 heteroatoms. The Morgan fingerprint density at radius 1 is 1.17 bits per heavy atom. The van der Waals surface area contributed by atoms with Gasteiger partial charge in [0.15, 0.2) is 11.5 Å². The lowest BCUT2D eigenvalue weighted by Crippen LogP contribution is -2.40. The lowest BCUT2D eigenvalue weighted by molar-refractivity contribution is -0.131. The van der Waals surface area contributed by atoms with Crippen LogP contribution in [0.5, 0.6) is 11.5 Å². The van der Waals surface area contributed by atoms with Gasteiger partial charge in [0.25, 0.3) is 5.91 Å². The molecule has 2 aliphatic heterocycles. The van der Waals surface area contributed by atoms with Crippen LogP contribution in [0.1, 0.15) is 18.4 Å². The van der Waals surface area contributed by atoms with E-state index in [9.17, 15) is 9.59 Å². The Morgan fingerprint density at radius 3 is 2.83 bits per heavy atom. The van der Waals surface area contributed by atoms with Crippen LogP contribution < -0.4 is 14.8 Å². The molecule has 0 saturated carbocycles. The molecule has 3 amide bonds. The highest BCUT2D eigenvalue weighted by Crippen LogP contribution is 2.38. The molecule has 152 valence electrons. The molecule has 2 aromatic carbocycles. The summed E-state index contributed by atoms with van der Waals surface area (Å²) in [6.45, 7) is 1.60. The molecule has 0 aliphatic carbocycles. The zero-order valence-electron chi connectivity index (χ0n) is 15.7. The summed E-state index contributed by atoms with van der Waals surface area (Å²) in [6, 6.07) is 11.5. The Labute approximate surface area is 175 Å². The maximum absolute atomic E-state index is 13.1. The number of hydrogen-bond acceptors (Lipinski definition) is 7. The van der Waals surface area contributed by atoms with Crippen LogP contribution in [0.2, 0.25) is 5.02 Å². The third-order valence-corrected chi connectivity index (χ3v) is 5.30. The number of nitrogens with one attached hydrogen (secondary N) is 1. The highest BCUT2D eigenvalue weighted by Gasteiger charge is 2.49. The van der Waals surface area contributed by atoms with Crippen LogP contribution >= 0.6 is 11.6 Å². The highest BCUT2D eigenvalue weighted by molar-refractivity contribution is 6.30. The molecule has 3 aromatic rings. The molecule has 0 bridgehead atoms. The number of urea groups is 1. The van der Waals surface area contributed by atoms with Gasteiger partial charge in [-0.1, -0.05) is 35.0 Å². The standard InChI is InChI=1S/C20H15ClN4O5/c1-20(12-5-6-14-15(8-12)29-10-28-14)18(26)25(19(27)23-20)9-16-22-17(24-30-16)11-3-2-4-13(21)7-11/h2-8H,9-10H2,1H3,(H,23,27). The van der Waals surface area contributed by atoms with Crippen LogP contribution in [0, 0.1) is 0 Å². The van der Waals surface area contributed by atoms with E-state index in [-0.39, 0.29) is 19.2 Å². The normalized spacial score (nSPS) is 20.0. The van der Waals surface area contributed by atoms with Crippen molar-refractivity contribution in [2.45, 2.75) is 19.0 Å². The van der Waals surface area contributed by atoms with Crippen molar-refractivity contribution in [3.8, 4) is 22.9 Å². The van der Waals surface area contributed by atoms with Gasteiger partial charge in [0.05, 0.1) is 0 Å².